The molecule has 0 saturated carbocycles. The second kappa shape index (κ2) is 8.55. The first kappa shape index (κ1) is 20.4. The van der Waals surface area contributed by atoms with E-state index in [0.29, 0.717) is 41.6 Å². The number of carbonyl (C=O) groups excluding carboxylic acids is 3. The molecule has 3 heterocycles. The summed E-state index contributed by atoms with van der Waals surface area (Å²) in [6, 6.07) is 14.9. The number of carbonyl (C=O) groups is 3. The average molecular weight is 447 g/mol. The highest BCUT2D eigenvalue weighted by Gasteiger charge is 2.26. The van der Waals surface area contributed by atoms with Crippen molar-refractivity contribution in [2.45, 2.75) is 25.7 Å². The second-order valence-corrected chi connectivity index (χ2v) is 8.74. The van der Waals surface area contributed by atoms with Crippen LogP contribution in [0.15, 0.2) is 53.9 Å². The summed E-state index contributed by atoms with van der Waals surface area (Å²) in [5, 5.41) is 5.32. The molecule has 0 radical (unpaired) electrons. The fourth-order valence-corrected chi connectivity index (χ4v) is 4.99. The fourth-order valence-electron chi connectivity index (χ4n) is 4.12. The lowest BCUT2D eigenvalue weighted by atomic mass is 10.1. The Labute approximate surface area is 189 Å². The predicted octanol–water partition coefficient (Wildman–Crippen LogP) is 3.65. The summed E-state index contributed by atoms with van der Waals surface area (Å²) in [6.07, 6.45) is 2.39. The average Bonchev–Trinajstić information content (AvgIpc) is 3.53. The molecule has 1 aromatic heterocycles. The molecule has 8 heteroatoms. The normalized spacial score (nSPS) is 15.2. The molecule has 0 aliphatic carbocycles. The van der Waals surface area contributed by atoms with Gasteiger partial charge in [0.05, 0.1) is 12.1 Å². The third-order valence-corrected chi connectivity index (χ3v) is 6.65. The van der Waals surface area contributed by atoms with E-state index in [1.54, 1.807) is 34.1 Å². The Morgan fingerprint density at radius 3 is 2.62 bits per heavy atom. The highest BCUT2D eigenvalue weighted by molar-refractivity contribution is 7.14. The van der Waals surface area contributed by atoms with E-state index in [-0.39, 0.29) is 24.1 Å². The van der Waals surface area contributed by atoms with Gasteiger partial charge in [0, 0.05) is 41.8 Å². The highest BCUT2D eigenvalue weighted by atomic mass is 32.1. The molecule has 3 amide bonds. The van der Waals surface area contributed by atoms with Crippen molar-refractivity contribution in [3.8, 4) is 0 Å². The molecule has 2 aliphatic heterocycles. The van der Waals surface area contributed by atoms with Gasteiger partial charge in [-0.25, -0.2) is 4.98 Å². The van der Waals surface area contributed by atoms with Gasteiger partial charge in [-0.15, -0.1) is 11.3 Å². The maximum Gasteiger partial charge on any atom is 0.258 e. The van der Waals surface area contributed by atoms with Crippen LogP contribution in [0, 0.1) is 0 Å². The second-order valence-electron chi connectivity index (χ2n) is 7.91. The molecular weight excluding hydrogens is 424 g/mol. The smallest absolute Gasteiger partial charge is 0.258 e. The number of nitrogens with zero attached hydrogens (tertiary/aromatic N) is 3. The van der Waals surface area contributed by atoms with Gasteiger partial charge in [0.15, 0.2) is 5.13 Å². The summed E-state index contributed by atoms with van der Waals surface area (Å²) in [5.41, 5.74) is 4.00. The number of para-hydroxylation sites is 1. The van der Waals surface area contributed by atoms with Crippen LogP contribution in [-0.4, -0.2) is 35.8 Å². The molecule has 1 fully saturated rings. The molecule has 5 rings (SSSR count). The zero-order valence-electron chi connectivity index (χ0n) is 17.4. The van der Waals surface area contributed by atoms with E-state index in [1.807, 2.05) is 23.6 Å². The number of aromatic nitrogens is 1. The highest BCUT2D eigenvalue weighted by Crippen LogP contribution is 2.29. The molecule has 32 heavy (non-hydrogen) atoms. The van der Waals surface area contributed by atoms with Gasteiger partial charge in [0.2, 0.25) is 11.8 Å². The van der Waals surface area contributed by atoms with E-state index < -0.39 is 0 Å². The van der Waals surface area contributed by atoms with Crippen molar-refractivity contribution in [2.24, 2.45) is 0 Å². The van der Waals surface area contributed by atoms with Gasteiger partial charge in [-0.2, -0.15) is 0 Å². The molecule has 1 saturated heterocycles. The summed E-state index contributed by atoms with van der Waals surface area (Å²) in [4.78, 5) is 45.1. The van der Waals surface area contributed by atoms with Crippen LogP contribution < -0.4 is 15.1 Å². The Balaban J connectivity index is 1.20. The zero-order chi connectivity index (χ0) is 22.1. The lowest BCUT2D eigenvalue weighted by Crippen LogP contribution is -2.28. The Kier molecular flexibility index (Phi) is 5.45. The first-order valence-electron chi connectivity index (χ1n) is 10.6. The fraction of sp³-hybridized carbons (Fsp3) is 0.250. The molecule has 0 unspecified atom stereocenters. The minimum absolute atomic E-state index is 0.0423. The van der Waals surface area contributed by atoms with Crippen LogP contribution in [-0.2, 0) is 22.4 Å². The molecule has 0 atom stereocenters. The lowest BCUT2D eigenvalue weighted by molar-refractivity contribution is -0.117. The van der Waals surface area contributed by atoms with Crippen molar-refractivity contribution in [2.75, 3.05) is 28.2 Å². The zero-order valence-corrected chi connectivity index (χ0v) is 18.2. The van der Waals surface area contributed by atoms with Gasteiger partial charge in [-0.3, -0.25) is 19.3 Å². The summed E-state index contributed by atoms with van der Waals surface area (Å²) in [6.45, 7) is 1.36. The third-order valence-electron chi connectivity index (χ3n) is 5.73. The SMILES string of the molecule is O=C(Cc1csc(N2CCCC2=O)n1)Nc1ccc(C(=O)N2CCc3ccccc32)cc1. The van der Waals surface area contributed by atoms with E-state index in [2.05, 4.69) is 16.4 Å². The quantitative estimate of drug-likeness (QED) is 0.649. The summed E-state index contributed by atoms with van der Waals surface area (Å²) >= 11 is 1.38. The number of amides is 3. The first-order valence-corrected chi connectivity index (χ1v) is 11.5. The lowest BCUT2D eigenvalue weighted by Gasteiger charge is -2.17. The van der Waals surface area contributed by atoms with Gasteiger partial charge in [-0.1, -0.05) is 18.2 Å². The Bertz CT molecular complexity index is 1190. The topological polar surface area (TPSA) is 82.6 Å². The van der Waals surface area contributed by atoms with Crippen molar-refractivity contribution < 1.29 is 14.4 Å². The van der Waals surface area contributed by atoms with Gasteiger partial charge < -0.3 is 10.2 Å². The van der Waals surface area contributed by atoms with Gasteiger partial charge in [0.25, 0.3) is 5.91 Å². The van der Waals surface area contributed by atoms with Crippen molar-refractivity contribution in [3.05, 3.63) is 70.7 Å². The number of anilines is 3. The van der Waals surface area contributed by atoms with Crippen LogP contribution >= 0.6 is 11.3 Å². The van der Waals surface area contributed by atoms with Crippen LogP contribution in [0.1, 0.15) is 34.5 Å². The van der Waals surface area contributed by atoms with Crippen molar-refractivity contribution in [3.63, 3.8) is 0 Å². The largest absolute Gasteiger partial charge is 0.326 e. The maximum atomic E-state index is 12.9. The maximum absolute atomic E-state index is 12.9. The van der Waals surface area contributed by atoms with Gasteiger partial charge in [0.1, 0.15) is 0 Å². The van der Waals surface area contributed by atoms with E-state index in [1.165, 1.54) is 16.9 Å². The van der Waals surface area contributed by atoms with Gasteiger partial charge in [-0.05, 0) is 48.7 Å². The number of thiazole rings is 1. The third kappa shape index (κ3) is 4.01. The molecule has 2 aliphatic rings. The standard InChI is InChI=1S/C24H22N4O3S/c29-21(14-19-15-32-24(26-19)28-12-3-6-22(28)30)25-18-9-7-17(8-10-18)23(31)27-13-11-16-4-1-2-5-20(16)27/h1-2,4-5,7-10,15H,3,6,11-14H2,(H,25,29). The van der Waals surface area contributed by atoms with Crippen molar-refractivity contribution >= 4 is 45.6 Å². The molecule has 2 aromatic carbocycles. The van der Waals surface area contributed by atoms with E-state index in [4.69, 9.17) is 0 Å². The van der Waals surface area contributed by atoms with E-state index >= 15 is 0 Å². The number of benzene rings is 2. The van der Waals surface area contributed by atoms with Crippen LogP contribution in [0.3, 0.4) is 0 Å². The summed E-state index contributed by atoms with van der Waals surface area (Å²) < 4.78 is 0. The molecule has 162 valence electrons. The van der Waals surface area contributed by atoms with Crippen LogP contribution in [0.4, 0.5) is 16.5 Å². The number of hydrogen-bond donors (Lipinski definition) is 1. The van der Waals surface area contributed by atoms with Crippen LogP contribution in [0.25, 0.3) is 0 Å². The Hall–Kier alpha value is -3.52. The monoisotopic (exact) mass is 446 g/mol. The molecule has 0 spiro atoms. The Morgan fingerprint density at radius 1 is 1.03 bits per heavy atom. The number of hydrogen-bond acceptors (Lipinski definition) is 5. The minimum atomic E-state index is -0.192. The summed E-state index contributed by atoms with van der Waals surface area (Å²) in [5.74, 6) is -0.149. The Morgan fingerprint density at radius 2 is 1.84 bits per heavy atom. The van der Waals surface area contributed by atoms with Crippen molar-refractivity contribution in [1.29, 1.82) is 0 Å². The molecular formula is C24H22N4O3S. The van der Waals surface area contributed by atoms with Crippen molar-refractivity contribution in [1.82, 2.24) is 4.98 Å². The predicted molar refractivity (Wildman–Crippen MR) is 124 cm³/mol. The molecule has 0 bridgehead atoms. The molecule has 7 nitrogen and oxygen atoms in total. The first-order chi connectivity index (χ1) is 15.6. The number of nitrogens with one attached hydrogen (secondary N) is 1. The van der Waals surface area contributed by atoms with Crippen LogP contribution in [0.5, 0.6) is 0 Å². The molecule has 3 aromatic rings. The summed E-state index contributed by atoms with van der Waals surface area (Å²) in [7, 11) is 0. The van der Waals surface area contributed by atoms with Gasteiger partial charge >= 0.3 is 0 Å². The minimum Gasteiger partial charge on any atom is -0.326 e. The number of fused-ring (bicyclic) bond motifs is 1. The van der Waals surface area contributed by atoms with Crippen LogP contribution in [0.2, 0.25) is 0 Å². The number of rotatable bonds is 5. The molecule has 1 N–H and O–H groups in total. The van der Waals surface area contributed by atoms with E-state index in [0.717, 1.165) is 18.5 Å². The van der Waals surface area contributed by atoms with E-state index in [9.17, 15) is 14.4 Å².